The number of nitrogens with zero attached hydrogens (tertiary/aromatic N) is 1. The van der Waals surface area contributed by atoms with Crippen LogP contribution in [-0.4, -0.2) is 29.1 Å². The van der Waals surface area contributed by atoms with Crippen molar-refractivity contribution >= 4 is 5.97 Å². The van der Waals surface area contributed by atoms with Crippen molar-refractivity contribution in [2.75, 3.05) is 13.1 Å². The van der Waals surface area contributed by atoms with Gasteiger partial charge in [-0.2, -0.15) is 0 Å². The number of hydrogen-bond donors (Lipinski definition) is 1. The quantitative estimate of drug-likeness (QED) is 0.925. The van der Waals surface area contributed by atoms with Gasteiger partial charge in [0.25, 0.3) is 0 Å². The molecule has 2 aliphatic rings. The van der Waals surface area contributed by atoms with Gasteiger partial charge in [-0.05, 0) is 42.2 Å². The lowest BCUT2D eigenvalue weighted by molar-refractivity contribution is -0.144. The fourth-order valence-corrected chi connectivity index (χ4v) is 3.95. The van der Waals surface area contributed by atoms with Gasteiger partial charge >= 0.3 is 5.97 Å². The van der Waals surface area contributed by atoms with Gasteiger partial charge in [0.2, 0.25) is 0 Å². The first-order valence-corrected chi connectivity index (χ1v) is 8.20. The zero-order valence-corrected chi connectivity index (χ0v) is 12.8. The molecule has 1 aromatic rings. The van der Waals surface area contributed by atoms with Crippen LogP contribution in [0.15, 0.2) is 24.3 Å². The summed E-state index contributed by atoms with van der Waals surface area (Å²) in [6.45, 7) is 4.14. The minimum Gasteiger partial charge on any atom is -0.480 e. The van der Waals surface area contributed by atoms with E-state index in [1.54, 1.807) is 0 Å². The van der Waals surface area contributed by atoms with Gasteiger partial charge in [0.1, 0.15) is 6.04 Å². The highest BCUT2D eigenvalue weighted by molar-refractivity contribution is 5.76. The predicted octanol–water partition coefficient (Wildman–Crippen LogP) is 3.50. The van der Waals surface area contributed by atoms with Crippen molar-refractivity contribution in [1.29, 1.82) is 0 Å². The Hall–Kier alpha value is -1.35. The molecule has 1 aliphatic carbocycles. The summed E-state index contributed by atoms with van der Waals surface area (Å²) in [7, 11) is 0. The van der Waals surface area contributed by atoms with E-state index in [2.05, 4.69) is 17.9 Å². The van der Waals surface area contributed by atoms with Gasteiger partial charge < -0.3 is 5.11 Å². The Kier molecular flexibility index (Phi) is 4.29. The maximum Gasteiger partial charge on any atom is 0.325 e. The number of carboxylic acids is 1. The van der Waals surface area contributed by atoms with E-state index < -0.39 is 12.0 Å². The predicted molar refractivity (Wildman–Crippen MR) is 83.2 cm³/mol. The van der Waals surface area contributed by atoms with Gasteiger partial charge in [-0.15, -0.1) is 0 Å². The van der Waals surface area contributed by atoms with Crippen molar-refractivity contribution < 1.29 is 9.90 Å². The van der Waals surface area contributed by atoms with E-state index in [1.807, 2.05) is 18.2 Å². The van der Waals surface area contributed by atoms with Crippen LogP contribution in [0.2, 0.25) is 0 Å². The van der Waals surface area contributed by atoms with E-state index in [1.165, 1.54) is 31.2 Å². The van der Waals surface area contributed by atoms with Crippen molar-refractivity contribution in [1.82, 2.24) is 4.90 Å². The molecule has 1 unspecified atom stereocenters. The summed E-state index contributed by atoms with van der Waals surface area (Å²) in [5, 5.41) is 9.69. The van der Waals surface area contributed by atoms with Crippen LogP contribution in [0.4, 0.5) is 0 Å². The molecular weight excluding hydrogens is 262 g/mol. The van der Waals surface area contributed by atoms with E-state index in [-0.39, 0.29) is 0 Å². The fraction of sp³-hybridized carbons (Fsp3) is 0.611. The number of carboxylic acid groups (broad SMARTS) is 1. The smallest absolute Gasteiger partial charge is 0.325 e. The molecule has 0 amide bonds. The topological polar surface area (TPSA) is 40.5 Å². The summed E-state index contributed by atoms with van der Waals surface area (Å²) in [6, 6.07) is 7.58. The lowest BCUT2D eigenvalue weighted by Gasteiger charge is -2.38. The molecule has 1 saturated carbocycles. The Morgan fingerprint density at radius 3 is 2.67 bits per heavy atom. The van der Waals surface area contributed by atoms with Crippen molar-refractivity contribution in [2.24, 2.45) is 11.8 Å². The minimum absolute atomic E-state index is 0.450. The second kappa shape index (κ2) is 6.18. The van der Waals surface area contributed by atoms with Crippen LogP contribution in [-0.2, 0) is 11.2 Å². The Balaban J connectivity index is 1.75. The number of rotatable bonds is 3. The molecule has 3 nitrogen and oxygen atoms in total. The van der Waals surface area contributed by atoms with E-state index in [9.17, 15) is 9.90 Å². The maximum absolute atomic E-state index is 11.8. The molecule has 1 aliphatic heterocycles. The highest BCUT2D eigenvalue weighted by Gasteiger charge is 2.34. The zero-order chi connectivity index (χ0) is 14.8. The average Bonchev–Trinajstić information content (AvgIpc) is 2.49. The molecule has 1 heterocycles. The highest BCUT2D eigenvalue weighted by atomic mass is 16.4. The molecule has 1 fully saturated rings. The molecule has 21 heavy (non-hydrogen) atoms. The Labute approximate surface area is 127 Å². The van der Waals surface area contributed by atoms with Crippen LogP contribution in [0.3, 0.4) is 0 Å². The number of fused-ring (bicyclic) bond motifs is 1. The van der Waals surface area contributed by atoms with Gasteiger partial charge in [-0.3, -0.25) is 9.69 Å². The summed E-state index contributed by atoms with van der Waals surface area (Å²) < 4.78 is 0. The third-order valence-electron chi connectivity index (χ3n) is 5.25. The van der Waals surface area contributed by atoms with Crippen LogP contribution in [0, 0.1) is 11.8 Å². The standard InChI is InChI=1S/C18H25NO2/c1-13-6-8-14(9-7-13)12-19-11-10-15-4-2-3-5-16(15)17(19)18(20)21/h2-5,13-14,17H,6-12H2,1H3,(H,20,21). The lowest BCUT2D eigenvalue weighted by Crippen LogP contribution is -2.42. The zero-order valence-electron chi connectivity index (χ0n) is 12.8. The van der Waals surface area contributed by atoms with Crippen LogP contribution < -0.4 is 0 Å². The number of aliphatic carboxylic acids is 1. The maximum atomic E-state index is 11.8. The summed E-state index contributed by atoms with van der Waals surface area (Å²) >= 11 is 0. The van der Waals surface area contributed by atoms with E-state index in [0.29, 0.717) is 5.92 Å². The fourth-order valence-electron chi connectivity index (χ4n) is 3.95. The first kappa shape index (κ1) is 14.6. The normalized spacial score (nSPS) is 29.9. The molecule has 1 aromatic carbocycles. The van der Waals surface area contributed by atoms with Crippen molar-refractivity contribution in [2.45, 2.75) is 45.1 Å². The largest absolute Gasteiger partial charge is 0.480 e. The highest BCUT2D eigenvalue weighted by Crippen LogP contribution is 2.34. The van der Waals surface area contributed by atoms with Gasteiger partial charge in [0, 0.05) is 13.1 Å². The molecule has 1 N–H and O–H groups in total. The van der Waals surface area contributed by atoms with Crippen LogP contribution in [0.25, 0.3) is 0 Å². The Bertz CT molecular complexity index is 506. The second-order valence-electron chi connectivity index (χ2n) is 6.81. The molecular formula is C18H25NO2. The first-order valence-electron chi connectivity index (χ1n) is 8.20. The van der Waals surface area contributed by atoms with Crippen LogP contribution in [0.5, 0.6) is 0 Å². The van der Waals surface area contributed by atoms with E-state index >= 15 is 0 Å². The Morgan fingerprint density at radius 1 is 1.24 bits per heavy atom. The third kappa shape index (κ3) is 3.13. The van der Waals surface area contributed by atoms with Crippen molar-refractivity contribution in [3.8, 4) is 0 Å². The summed E-state index contributed by atoms with van der Waals surface area (Å²) in [5.74, 6) is 0.818. The third-order valence-corrected chi connectivity index (χ3v) is 5.25. The molecule has 0 bridgehead atoms. The Morgan fingerprint density at radius 2 is 1.95 bits per heavy atom. The molecule has 0 saturated heterocycles. The molecule has 3 heteroatoms. The minimum atomic E-state index is -0.702. The van der Waals surface area contributed by atoms with Crippen molar-refractivity contribution in [3.63, 3.8) is 0 Å². The molecule has 0 aromatic heterocycles. The summed E-state index contributed by atoms with van der Waals surface area (Å²) in [5.41, 5.74) is 2.21. The van der Waals surface area contributed by atoms with E-state index in [4.69, 9.17) is 0 Å². The SMILES string of the molecule is CC1CCC(CN2CCc3ccccc3C2C(=O)O)CC1. The van der Waals surface area contributed by atoms with Gasteiger partial charge in [0.15, 0.2) is 0 Å². The van der Waals surface area contributed by atoms with Gasteiger partial charge in [-0.25, -0.2) is 0 Å². The number of carbonyl (C=O) groups is 1. The van der Waals surface area contributed by atoms with E-state index in [0.717, 1.165) is 31.0 Å². The van der Waals surface area contributed by atoms with Crippen LogP contribution in [0.1, 0.15) is 49.8 Å². The van der Waals surface area contributed by atoms with Gasteiger partial charge in [-0.1, -0.05) is 44.0 Å². The summed E-state index contributed by atoms with van der Waals surface area (Å²) in [4.78, 5) is 14.0. The lowest BCUT2D eigenvalue weighted by atomic mass is 9.82. The molecule has 0 spiro atoms. The average molecular weight is 287 g/mol. The molecule has 114 valence electrons. The molecule has 3 rings (SSSR count). The van der Waals surface area contributed by atoms with Crippen molar-refractivity contribution in [3.05, 3.63) is 35.4 Å². The number of hydrogen-bond acceptors (Lipinski definition) is 2. The van der Waals surface area contributed by atoms with Gasteiger partial charge in [0.05, 0.1) is 0 Å². The molecule has 1 atom stereocenters. The summed E-state index contributed by atoms with van der Waals surface area (Å²) in [6.07, 6.45) is 6.08. The molecule has 0 radical (unpaired) electrons. The first-order chi connectivity index (χ1) is 10.1. The monoisotopic (exact) mass is 287 g/mol. The second-order valence-corrected chi connectivity index (χ2v) is 6.81. The van der Waals surface area contributed by atoms with Crippen LogP contribution >= 0.6 is 0 Å². The number of benzene rings is 1.